The van der Waals surface area contributed by atoms with Gasteiger partial charge >= 0.3 is 5.97 Å². The van der Waals surface area contributed by atoms with Crippen molar-refractivity contribution in [3.63, 3.8) is 0 Å². The van der Waals surface area contributed by atoms with Gasteiger partial charge in [-0.3, -0.25) is 0 Å². The Balaban J connectivity index is 2.64. The topological polar surface area (TPSA) is 55.1 Å². The number of aromatic nitrogens is 2. The molecule has 0 aliphatic rings. The van der Waals surface area contributed by atoms with Crippen LogP contribution in [-0.4, -0.2) is 20.9 Å². The fraction of sp³-hybridized carbons (Fsp3) is 0.333. The lowest BCUT2D eigenvalue weighted by Crippen LogP contribution is -2.09. The summed E-state index contributed by atoms with van der Waals surface area (Å²) >= 11 is 0. The van der Waals surface area contributed by atoms with Gasteiger partial charge in [-0.05, 0) is 38.0 Å². The van der Waals surface area contributed by atoms with E-state index in [9.17, 15) is 9.90 Å². The smallest absolute Gasteiger partial charge is 0.337 e. The van der Waals surface area contributed by atoms with Gasteiger partial charge in [0.2, 0.25) is 0 Å². The maximum Gasteiger partial charge on any atom is 0.337 e. The summed E-state index contributed by atoms with van der Waals surface area (Å²) < 4.78 is 1.75. The van der Waals surface area contributed by atoms with E-state index in [2.05, 4.69) is 5.10 Å². The Kier molecular flexibility index (Phi) is 3.69. The summed E-state index contributed by atoms with van der Waals surface area (Å²) in [6, 6.07) is 7.45. The molecule has 4 heteroatoms. The van der Waals surface area contributed by atoms with Gasteiger partial charge in [0.25, 0.3) is 0 Å². The first-order valence-electron chi connectivity index (χ1n) is 6.49. The van der Waals surface area contributed by atoms with Crippen molar-refractivity contribution in [2.45, 2.75) is 33.6 Å². The van der Waals surface area contributed by atoms with Gasteiger partial charge < -0.3 is 5.11 Å². The average molecular weight is 258 g/mol. The molecule has 1 N–H and O–H groups in total. The van der Waals surface area contributed by atoms with Crippen LogP contribution in [0.4, 0.5) is 0 Å². The van der Waals surface area contributed by atoms with Gasteiger partial charge in [0, 0.05) is 5.69 Å². The minimum absolute atomic E-state index is 0.292. The minimum atomic E-state index is -0.922. The molecule has 0 aliphatic heterocycles. The SMILES string of the molecule is CCc1cc(CC)n(-c2ccc(C)cc2C(=O)O)n1. The number of carboxylic acids is 1. The van der Waals surface area contributed by atoms with E-state index in [1.54, 1.807) is 10.7 Å². The molecule has 4 nitrogen and oxygen atoms in total. The summed E-state index contributed by atoms with van der Waals surface area (Å²) in [6.07, 6.45) is 1.66. The minimum Gasteiger partial charge on any atom is -0.478 e. The van der Waals surface area contributed by atoms with Crippen molar-refractivity contribution in [2.24, 2.45) is 0 Å². The highest BCUT2D eigenvalue weighted by atomic mass is 16.4. The number of carbonyl (C=O) groups is 1. The van der Waals surface area contributed by atoms with Gasteiger partial charge in [0.15, 0.2) is 0 Å². The van der Waals surface area contributed by atoms with Crippen molar-refractivity contribution in [1.29, 1.82) is 0 Å². The molecule has 100 valence electrons. The van der Waals surface area contributed by atoms with Crippen molar-refractivity contribution < 1.29 is 9.90 Å². The Hall–Kier alpha value is -2.10. The number of rotatable bonds is 4. The maximum atomic E-state index is 11.4. The first-order chi connectivity index (χ1) is 9.06. The van der Waals surface area contributed by atoms with E-state index in [0.29, 0.717) is 11.3 Å². The van der Waals surface area contributed by atoms with Crippen LogP contribution in [0.25, 0.3) is 5.69 Å². The second-order valence-corrected chi connectivity index (χ2v) is 4.57. The first-order valence-corrected chi connectivity index (χ1v) is 6.49. The summed E-state index contributed by atoms with van der Waals surface area (Å²) in [7, 11) is 0. The van der Waals surface area contributed by atoms with Crippen LogP contribution in [0.3, 0.4) is 0 Å². The lowest BCUT2D eigenvalue weighted by molar-refractivity contribution is 0.0696. The monoisotopic (exact) mass is 258 g/mol. The highest BCUT2D eigenvalue weighted by Crippen LogP contribution is 2.19. The third-order valence-corrected chi connectivity index (χ3v) is 3.17. The van der Waals surface area contributed by atoms with E-state index in [1.165, 1.54) is 0 Å². The number of aromatic carboxylic acids is 1. The van der Waals surface area contributed by atoms with Gasteiger partial charge in [0.1, 0.15) is 0 Å². The van der Waals surface area contributed by atoms with E-state index < -0.39 is 5.97 Å². The fourth-order valence-electron chi connectivity index (χ4n) is 2.11. The van der Waals surface area contributed by atoms with Crippen molar-refractivity contribution in [3.8, 4) is 5.69 Å². The number of carboxylic acid groups (broad SMARTS) is 1. The molecular formula is C15H18N2O2. The zero-order valence-electron chi connectivity index (χ0n) is 11.5. The highest BCUT2D eigenvalue weighted by Gasteiger charge is 2.15. The Morgan fingerprint density at radius 2 is 2.00 bits per heavy atom. The molecule has 0 bridgehead atoms. The lowest BCUT2D eigenvalue weighted by Gasteiger charge is -2.10. The summed E-state index contributed by atoms with van der Waals surface area (Å²) in [4.78, 5) is 11.4. The van der Waals surface area contributed by atoms with Gasteiger partial charge in [-0.1, -0.05) is 25.5 Å². The Bertz CT molecular complexity index is 615. The molecule has 0 amide bonds. The van der Waals surface area contributed by atoms with E-state index in [4.69, 9.17) is 0 Å². The summed E-state index contributed by atoms with van der Waals surface area (Å²) in [5.74, 6) is -0.922. The van der Waals surface area contributed by atoms with E-state index in [1.807, 2.05) is 39.0 Å². The summed E-state index contributed by atoms with van der Waals surface area (Å²) in [5.41, 5.74) is 3.87. The molecule has 0 radical (unpaired) electrons. The molecule has 0 aliphatic carbocycles. The predicted molar refractivity (Wildman–Crippen MR) is 74.0 cm³/mol. The molecule has 2 aromatic rings. The van der Waals surface area contributed by atoms with Gasteiger partial charge in [-0.25, -0.2) is 9.48 Å². The van der Waals surface area contributed by atoms with E-state index >= 15 is 0 Å². The number of aryl methyl sites for hydroxylation is 3. The molecule has 1 heterocycles. The van der Waals surface area contributed by atoms with Crippen molar-refractivity contribution >= 4 is 5.97 Å². The molecule has 2 rings (SSSR count). The molecule has 0 spiro atoms. The maximum absolute atomic E-state index is 11.4. The lowest BCUT2D eigenvalue weighted by atomic mass is 10.1. The normalized spacial score (nSPS) is 10.7. The molecule has 0 unspecified atom stereocenters. The van der Waals surface area contributed by atoms with Crippen LogP contribution < -0.4 is 0 Å². The van der Waals surface area contributed by atoms with Crippen molar-refractivity contribution in [3.05, 3.63) is 46.8 Å². The Labute approximate surface area is 112 Å². The third kappa shape index (κ3) is 2.52. The van der Waals surface area contributed by atoms with Crippen LogP contribution in [0.15, 0.2) is 24.3 Å². The standard InChI is InChI=1S/C15H18N2O2/c1-4-11-9-12(5-2)17(16-11)14-7-6-10(3)8-13(14)15(18)19/h6-9H,4-5H2,1-3H3,(H,18,19). The molecule has 19 heavy (non-hydrogen) atoms. The van der Waals surface area contributed by atoms with Crippen LogP contribution in [0.2, 0.25) is 0 Å². The molecular weight excluding hydrogens is 240 g/mol. The molecule has 1 aromatic heterocycles. The summed E-state index contributed by atoms with van der Waals surface area (Å²) in [6.45, 7) is 5.97. The quantitative estimate of drug-likeness (QED) is 0.917. The average Bonchev–Trinajstić information content (AvgIpc) is 2.81. The van der Waals surface area contributed by atoms with Gasteiger partial charge in [0.05, 0.1) is 16.9 Å². The summed E-state index contributed by atoms with van der Waals surface area (Å²) in [5, 5.41) is 13.8. The number of benzene rings is 1. The Morgan fingerprint density at radius 3 is 2.58 bits per heavy atom. The zero-order chi connectivity index (χ0) is 14.0. The molecule has 1 aromatic carbocycles. The zero-order valence-corrected chi connectivity index (χ0v) is 11.5. The highest BCUT2D eigenvalue weighted by molar-refractivity contribution is 5.92. The van der Waals surface area contributed by atoms with Gasteiger partial charge in [-0.15, -0.1) is 0 Å². The second kappa shape index (κ2) is 5.26. The Morgan fingerprint density at radius 1 is 1.26 bits per heavy atom. The van der Waals surface area contributed by atoms with Crippen LogP contribution >= 0.6 is 0 Å². The number of hydrogen-bond donors (Lipinski definition) is 1. The van der Waals surface area contributed by atoms with Crippen molar-refractivity contribution in [1.82, 2.24) is 9.78 Å². The van der Waals surface area contributed by atoms with Gasteiger partial charge in [-0.2, -0.15) is 5.10 Å². The van der Waals surface area contributed by atoms with Crippen LogP contribution in [-0.2, 0) is 12.8 Å². The molecule has 0 atom stereocenters. The first kappa shape index (κ1) is 13.3. The largest absolute Gasteiger partial charge is 0.478 e. The van der Waals surface area contributed by atoms with Crippen LogP contribution in [0.5, 0.6) is 0 Å². The second-order valence-electron chi connectivity index (χ2n) is 4.57. The van der Waals surface area contributed by atoms with Crippen LogP contribution in [0.1, 0.15) is 41.2 Å². The van der Waals surface area contributed by atoms with Crippen molar-refractivity contribution in [2.75, 3.05) is 0 Å². The van der Waals surface area contributed by atoms with E-state index in [-0.39, 0.29) is 0 Å². The van der Waals surface area contributed by atoms with E-state index in [0.717, 1.165) is 29.8 Å². The molecule has 0 fully saturated rings. The number of nitrogens with zero attached hydrogens (tertiary/aromatic N) is 2. The third-order valence-electron chi connectivity index (χ3n) is 3.17. The number of hydrogen-bond acceptors (Lipinski definition) is 2. The van der Waals surface area contributed by atoms with Crippen LogP contribution in [0, 0.1) is 6.92 Å². The molecule has 0 saturated carbocycles. The fourth-order valence-corrected chi connectivity index (χ4v) is 2.11. The predicted octanol–water partition coefficient (Wildman–Crippen LogP) is 3.00. The molecule has 0 saturated heterocycles.